The smallest absolute Gasteiger partial charge is 0.158 e. The Balaban J connectivity index is 3.33. The van der Waals surface area contributed by atoms with E-state index in [0.29, 0.717) is 11.1 Å². The van der Waals surface area contributed by atoms with Crippen molar-refractivity contribution in [2.75, 3.05) is 0 Å². The molecular weight excluding hydrogens is 194 g/mol. The van der Waals surface area contributed by atoms with Crippen molar-refractivity contribution in [3.8, 4) is 11.5 Å². The Hall–Kier alpha value is -2.06. The van der Waals surface area contributed by atoms with Crippen molar-refractivity contribution in [2.24, 2.45) is 0 Å². The van der Waals surface area contributed by atoms with Crippen LogP contribution in [0.4, 0.5) is 0 Å². The number of hydrogen-bond donors (Lipinski definition) is 3. The van der Waals surface area contributed by atoms with E-state index in [1.54, 1.807) is 12.9 Å². The van der Waals surface area contributed by atoms with Gasteiger partial charge in [-0.25, -0.2) is 4.79 Å². The maximum atomic E-state index is 10.4. The monoisotopic (exact) mass is 205 g/mol. The first kappa shape index (κ1) is 11.0. The molecule has 0 aliphatic heterocycles. The molecule has 0 heterocycles. The number of rotatable bonds is 2. The van der Waals surface area contributed by atoms with Crippen LogP contribution in [0.15, 0.2) is 17.7 Å². The Labute approximate surface area is 87.0 Å². The summed E-state index contributed by atoms with van der Waals surface area (Å²) >= 11 is 0. The van der Waals surface area contributed by atoms with Crippen LogP contribution in [0.25, 0.3) is 0 Å². The molecule has 0 aliphatic carbocycles. The molecule has 0 fully saturated rings. The Morgan fingerprint density at radius 3 is 2.40 bits per heavy atom. The van der Waals surface area contributed by atoms with E-state index in [2.05, 4.69) is 0 Å². The lowest BCUT2D eigenvalue weighted by Gasteiger charge is -2.08. The fourth-order valence-electron chi connectivity index (χ4n) is 1.20. The van der Waals surface area contributed by atoms with Crippen LogP contribution in [0.5, 0.6) is 11.5 Å². The Kier molecular flexibility index (Phi) is 2.93. The Morgan fingerprint density at radius 1 is 1.33 bits per heavy atom. The van der Waals surface area contributed by atoms with Gasteiger partial charge in [0.05, 0.1) is 11.3 Å². The zero-order chi connectivity index (χ0) is 11.6. The predicted octanol–water partition coefficient (Wildman–Crippen LogP) is 1.55. The van der Waals surface area contributed by atoms with Gasteiger partial charge in [-0.2, -0.15) is 0 Å². The SMILES string of the molecule is CC(=C=O)C(=N)c1cc(O)c(O)cc1C. The minimum atomic E-state index is -0.306. The van der Waals surface area contributed by atoms with Crippen LogP contribution in [0.3, 0.4) is 0 Å². The summed E-state index contributed by atoms with van der Waals surface area (Å²) in [5.74, 6) is 1.08. The highest BCUT2D eigenvalue weighted by Crippen LogP contribution is 2.28. The van der Waals surface area contributed by atoms with Gasteiger partial charge < -0.3 is 10.2 Å². The van der Waals surface area contributed by atoms with Crippen LogP contribution in [0.1, 0.15) is 18.1 Å². The molecule has 1 rings (SSSR count). The highest BCUT2D eigenvalue weighted by atomic mass is 16.3. The topological polar surface area (TPSA) is 81.4 Å². The number of phenols is 2. The molecule has 0 unspecified atom stereocenters. The van der Waals surface area contributed by atoms with Gasteiger partial charge in [0.1, 0.15) is 5.94 Å². The van der Waals surface area contributed by atoms with Gasteiger partial charge in [-0.15, -0.1) is 0 Å². The molecule has 1 aromatic rings. The summed E-state index contributed by atoms with van der Waals surface area (Å²) < 4.78 is 0. The standard InChI is InChI=1S/C11H11NO3/c1-6-3-9(14)10(15)4-8(6)11(12)7(2)5-13/h3-4,12,14-15H,1-2H3. The van der Waals surface area contributed by atoms with E-state index in [9.17, 15) is 15.0 Å². The third kappa shape index (κ3) is 2.06. The number of aryl methyl sites for hydroxylation is 1. The van der Waals surface area contributed by atoms with Gasteiger partial charge >= 0.3 is 0 Å². The minimum Gasteiger partial charge on any atom is -0.504 e. The third-order valence-corrected chi connectivity index (χ3v) is 2.12. The predicted molar refractivity (Wildman–Crippen MR) is 56.2 cm³/mol. The van der Waals surface area contributed by atoms with Crippen LogP contribution in [0, 0.1) is 12.3 Å². The number of aromatic hydroxyl groups is 2. The van der Waals surface area contributed by atoms with Crippen LogP contribution < -0.4 is 0 Å². The van der Waals surface area contributed by atoms with E-state index in [1.807, 2.05) is 0 Å². The lowest BCUT2D eigenvalue weighted by Crippen LogP contribution is -2.03. The summed E-state index contributed by atoms with van der Waals surface area (Å²) in [4.78, 5) is 10.4. The molecule has 0 saturated carbocycles. The first-order chi connectivity index (χ1) is 6.97. The molecule has 4 nitrogen and oxygen atoms in total. The van der Waals surface area contributed by atoms with Crippen LogP contribution >= 0.6 is 0 Å². The van der Waals surface area contributed by atoms with Crippen LogP contribution in [-0.4, -0.2) is 21.9 Å². The van der Waals surface area contributed by atoms with Gasteiger partial charge in [-0.05, 0) is 31.5 Å². The molecule has 0 saturated heterocycles. The minimum absolute atomic E-state index is 0.00204. The van der Waals surface area contributed by atoms with Gasteiger partial charge in [-0.3, -0.25) is 5.41 Å². The van der Waals surface area contributed by atoms with Gasteiger partial charge in [0, 0.05) is 5.56 Å². The van der Waals surface area contributed by atoms with Crippen molar-refractivity contribution >= 4 is 11.7 Å². The van der Waals surface area contributed by atoms with E-state index in [1.165, 1.54) is 19.1 Å². The molecule has 15 heavy (non-hydrogen) atoms. The number of nitrogens with one attached hydrogen (secondary N) is 1. The average molecular weight is 205 g/mol. The summed E-state index contributed by atoms with van der Waals surface area (Å²) in [6.07, 6.45) is 0. The van der Waals surface area contributed by atoms with E-state index in [4.69, 9.17) is 5.41 Å². The molecule has 78 valence electrons. The molecule has 0 bridgehead atoms. The fourth-order valence-corrected chi connectivity index (χ4v) is 1.20. The molecule has 0 aliphatic rings. The normalized spacial score (nSPS) is 9.47. The molecule has 1 aromatic carbocycles. The summed E-state index contributed by atoms with van der Waals surface area (Å²) in [6, 6.07) is 2.60. The van der Waals surface area contributed by atoms with Crippen molar-refractivity contribution < 1.29 is 15.0 Å². The maximum Gasteiger partial charge on any atom is 0.158 e. The van der Waals surface area contributed by atoms with Crippen molar-refractivity contribution in [2.45, 2.75) is 13.8 Å². The molecule has 0 amide bonds. The van der Waals surface area contributed by atoms with Gasteiger partial charge in [0.25, 0.3) is 0 Å². The molecular formula is C11H11NO3. The lowest BCUT2D eigenvalue weighted by atomic mass is 9.99. The van der Waals surface area contributed by atoms with Gasteiger partial charge in [0.2, 0.25) is 0 Å². The molecule has 3 N–H and O–H groups in total. The Morgan fingerprint density at radius 2 is 1.87 bits per heavy atom. The second-order valence-electron chi connectivity index (χ2n) is 3.26. The summed E-state index contributed by atoms with van der Waals surface area (Å²) in [6.45, 7) is 3.15. The molecule has 0 atom stereocenters. The highest BCUT2D eigenvalue weighted by Gasteiger charge is 2.11. The third-order valence-electron chi connectivity index (χ3n) is 2.12. The van der Waals surface area contributed by atoms with E-state index < -0.39 is 0 Å². The second-order valence-corrected chi connectivity index (χ2v) is 3.26. The molecule has 0 aromatic heterocycles. The summed E-state index contributed by atoms with van der Waals surface area (Å²) in [7, 11) is 0. The van der Waals surface area contributed by atoms with Crippen molar-refractivity contribution in [1.29, 1.82) is 5.41 Å². The van der Waals surface area contributed by atoms with E-state index in [-0.39, 0.29) is 22.8 Å². The first-order valence-electron chi connectivity index (χ1n) is 4.31. The maximum absolute atomic E-state index is 10.4. The van der Waals surface area contributed by atoms with Crippen molar-refractivity contribution in [3.05, 3.63) is 28.8 Å². The van der Waals surface area contributed by atoms with Gasteiger partial charge in [-0.1, -0.05) is 0 Å². The number of hydrogen-bond acceptors (Lipinski definition) is 4. The van der Waals surface area contributed by atoms with E-state index in [0.717, 1.165) is 0 Å². The lowest BCUT2D eigenvalue weighted by molar-refractivity contribution is 0.403. The van der Waals surface area contributed by atoms with E-state index >= 15 is 0 Å². The zero-order valence-corrected chi connectivity index (χ0v) is 8.46. The number of carbonyl (C=O) groups excluding carboxylic acids is 1. The number of benzene rings is 1. The Bertz CT molecular complexity index is 471. The average Bonchev–Trinajstić information content (AvgIpc) is 2.21. The summed E-state index contributed by atoms with van der Waals surface area (Å²) in [5, 5.41) is 26.1. The fraction of sp³-hybridized carbons (Fsp3) is 0.182. The molecule has 4 heteroatoms. The largest absolute Gasteiger partial charge is 0.504 e. The molecule has 0 radical (unpaired) electrons. The second kappa shape index (κ2) is 3.98. The van der Waals surface area contributed by atoms with Crippen molar-refractivity contribution in [1.82, 2.24) is 0 Å². The van der Waals surface area contributed by atoms with Crippen LogP contribution in [0.2, 0.25) is 0 Å². The highest BCUT2D eigenvalue weighted by molar-refractivity contribution is 6.15. The number of phenolic OH excluding ortho intramolecular Hbond substituents is 2. The van der Waals surface area contributed by atoms with Crippen LogP contribution in [-0.2, 0) is 4.79 Å². The number of allylic oxidation sites excluding steroid dienone is 1. The first-order valence-corrected chi connectivity index (χ1v) is 4.31. The molecule has 0 spiro atoms. The van der Waals surface area contributed by atoms with Crippen molar-refractivity contribution in [3.63, 3.8) is 0 Å². The quantitative estimate of drug-likeness (QED) is 0.389. The summed E-state index contributed by atoms with van der Waals surface area (Å²) in [5.41, 5.74) is 1.18. The zero-order valence-electron chi connectivity index (χ0n) is 8.46. The van der Waals surface area contributed by atoms with Gasteiger partial charge in [0.15, 0.2) is 11.5 Å².